The second kappa shape index (κ2) is 5.22. The zero-order chi connectivity index (χ0) is 13.1. The zero-order valence-electron chi connectivity index (χ0n) is 9.64. The van der Waals surface area contributed by atoms with Crippen molar-refractivity contribution in [3.05, 3.63) is 11.0 Å². The van der Waals surface area contributed by atoms with Crippen molar-refractivity contribution in [1.29, 1.82) is 0 Å². The second-order valence-corrected chi connectivity index (χ2v) is 4.46. The van der Waals surface area contributed by atoms with Gasteiger partial charge in [0, 0.05) is 13.8 Å². The number of cyclic esters (lactones) is 2. The highest BCUT2D eigenvalue weighted by Crippen LogP contribution is 2.24. The molecular weight excluding hydrogens is 248 g/mol. The van der Waals surface area contributed by atoms with E-state index in [1.54, 1.807) is 0 Å². The van der Waals surface area contributed by atoms with Gasteiger partial charge >= 0.3 is 17.9 Å². The molecule has 0 unspecified atom stereocenters. The smallest absolute Gasteiger partial charge is 0.349 e. The molecule has 0 bridgehead atoms. The minimum absolute atomic E-state index is 0.00392. The summed E-state index contributed by atoms with van der Waals surface area (Å²) in [6.45, 7) is 2.92. The molecule has 0 saturated carbocycles. The molecule has 0 spiro atoms. The molecule has 6 nitrogen and oxygen atoms in total. The third kappa shape index (κ3) is 3.77. The summed E-state index contributed by atoms with van der Waals surface area (Å²) in [6, 6.07) is 0. The molecule has 7 heteroatoms. The van der Waals surface area contributed by atoms with Gasteiger partial charge in [-0.15, -0.1) is 11.8 Å². The predicted octanol–water partition coefficient (Wildman–Crippen LogP) is 0.613. The van der Waals surface area contributed by atoms with Crippen LogP contribution in [0.2, 0.25) is 0 Å². The molecule has 0 aromatic rings. The number of hydrogen-bond donors (Lipinski definition) is 0. The van der Waals surface area contributed by atoms with Crippen LogP contribution in [-0.2, 0) is 28.6 Å². The zero-order valence-corrected chi connectivity index (χ0v) is 10.5. The summed E-state index contributed by atoms with van der Waals surface area (Å²) in [5.41, 5.74) is -0.224. The van der Waals surface area contributed by atoms with E-state index in [2.05, 4.69) is 4.74 Å². The normalized spacial score (nSPS) is 18.2. The van der Waals surface area contributed by atoms with Crippen molar-refractivity contribution in [1.82, 2.24) is 0 Å². The molecule has 1 rings (SSSR count). The molecule has 0 radical (unpaired) electrons. The van der Waals surface area contributed by atoms with Crippen molar-refractivity contribution in [3.8, 4) is 0 Å². The monoisotopic (exact) mass is 260 g/mol. The second-order valence-electron chi connectivity index (χ2n) is 3.60. The lowest BCUT2D eigenvalue weighted by Gasteiger charge is -2.29. The quantitative estimate of drug-likeness (QED) is 0.418. The van der Waals surface area contributed by atoms with Crippen LogP contribution in [0.1, 0.15) is 13.8 Å². The van der Waals surface area contributed by atoms with Crippen LogP contribution in [0.15, 0.2) is 11.0 Å². The lowest BCUT2D eigenvalue weighted by molar-refractivity contribution is -0.222. The molecule has 1 saturated heterocycles. The predicted molar refractivity (Wildman–Crippen MR) is 58.8 cm³/mol. The minimum atomic E-state index is -1.25. The molecule has 17 heavy (non-hydrogen) atoms. The van der Waals surface area contributed by atoms with Gasteiger partial charge in [0.25, 0.3) is 5.79 Å². The molecule has 1 aliphatic rings. The lowest BCUT2D eigenvalue weighted by Crippen LogP contribution is -2.41. The molecule has 0 aromatic heterocycles. The number of thioether (sulfide) groups is 1. The molecule has 94 valence electrons. The summed E-state index contributed by atoms with van der Waals surface area (Å²) in [7, 11) is 1.25. The fourth-order valence-electron chi connectivity index (χ4n) is 1.01. The van der Waals surface area contributed by atoms with Crippen molar-refractivity contribution in [2.45, 2.75) is 19.6 Å². The molecule has 0 N–H and O–H groups in total. The molecule has 0 aliphatic carbocycles. The van der Waals surface area contributed by atoms with E-state index in [-0.39, 0.29) is 11.3 Å². The van der Waals surface area contributed by atoms with Gasteiger partial charge in [-0.3, -0.25) is 4.79 Å². The Morgan fingerprint density at radius 2 is 1.88 bits per heavy atom. The summed E-state index contributed by atoms with van der Waals surface area (Å²) in [4.78, 5) is 33.7. The summed E-state index contributed by atoms with van der Waals surface area (Å²) >= 11 is 0.962. The number of hydrogen-bond acceptors (Lipinski definition) is 7. The Labute approximate surface area is 102 Å². The number of ether oxygens (including phenoxy) is 3. The number of carbonyl (C=O) groups is 3. The molecule has 0 aromatic carbocycles. The first kappa shape index (κ1) is 13.6. The average molecular weight is 260 g/mol. The van der Waals surface area contributed by atoms with Crippen molar-refractivity contribution < 1.29 is 28.6 Å². The van der Waals surface area contributed by atoms with E-state index < -0.39 is 23.7 Å². The van der Waals surface area contributed by atoms with Gasteiger partial charge in [-0.25, -0.2) is 9.59 Å². The van der Waals surface area contributed by atoms with E-state index in [4.69, 9.17) is 9.47 Å². The van der Waals surface area contributed by atoms with Gasteiger partial charge in [0.1, 0.15) is 0 Å². The molecular formula is C10H12O6S. The van der Waals surface area contributed by atoms with Crippen LogP contribution in [0.25, 0.3) is 0 Å². The van der Waals surface area contributed by atoms with Crippen molar-refractivity contribution in [2.24, 2.45) is 0 Å². The van der Waals surface area contributed by atoms with E-state index in [1.807, 2.05) is 0 Å². The SMILES string of the molecule is COC(=O)CSC=C1C(=O)OC(C)(C)OC1=O. The Hall–Kier alpha value is -1.50. The van der Waals surface area contributed by atoms with Gasteiger partial charge in [-0.2, -0.15) is 0 Å². The Kier molecular flexibility index (Phi) is 4.17. The Morgan fingerprint density at radius 3 is 2.35 bits per heavy atom. The van der Waals surface area contributed by atoms with Crippen molar-refractivity contribution in [2.75, 3.05) is 12.9 Å². The summed E-state index contributed by atoms with van der Waals surface area (Å²) in [5, 5.41) is 1.23. The molecule has 1 aliphatic heterocycles. The van der Waals surface area contributed by atoms with Crippen LogP contribution in [0.4, 0.5) is 0 Å². The van der Waals surface area contributed by atoms with E-state index in [9.17, 15) is 14.4 Å². The Morgan fingerprint density at radius 1 is 1.35 bits per heavy atom. The van der Waals surface area contributed by atoms with Crippen LogP contribution in [0, 0.1) is 0 Å². The van der Waals surface area contributed by atoms with Crippen LogP contribution < -0.4 is 0 Å². The van der Waals surface area contributed by atoms with Gasteiger partial charge in [0.15, 0.2) is 5.57 Å². The maximum atomic E-state index is 11.4. The molecule has 1 fully saturated rings. The first-order valence-corrected chi connectivity index (χ1v) is 5.76. The fourth-order valence-corrected chi connectivity index (χ4v) is 1.71. The van der Waals surface area contributed by atoms with Crippen molar-refractivity contribution in [3.63, 3.8) is 0 Å². The van der Waals surface area contributed by atoms with Gasteiger partial charge in [-0.1, -0.05) is 0 Å². The van der Waals surface area contributed by atoms with E-state index in [0.29, 0.717) is 0 Å². The van der Waals surface area contributed by atoms with Gasteiger partial charge < -0.3 is 14.2 Å². The molecule has 0 atom stereocenters. The first-order chi connectivity index (χ1) is 7.85. The van der Waals surface area contributed by atoms with Gasteiger partial charge in [0.2, 0.25) is 0 Å². The number of rotatable bonds is 3. The van der Waals surface area contributed by atoms with Crippen LogP contribution in [0.5, 0.6) is 0 Å². The maximum Gasteiger partial charge on any atom is 0.349 e. The molecule has 0 amide bonds. The van der Waals surface area contributed by atoms with Gasteiger partial charge in [0.05, 0.1) is 12.9 Å². The first-order valence-electron chi connectivity index (χ1n) is 4.71. The Balaban J connectivity index is 2.65. The Bertz CT molecular complexity index is 362. The van der Waals surface area contributed by atoms with Gasteiger partial charge in [-0.05, 0) is 5.41 Å². The summed E-state index contributed by atoms with van der Waals surface area (Å²) in [5.74, 6) is -3.22. The number of methoxy groups -OCH3 is 1. The fraction of sp³-hybridized carbons (Fsp3) is 0.500. The lowest BCUT2D eigenvalue weighted by atomic mass is 10.2. The number of esters is 3. The van der Waals surface area contributed by atoms with Crippen LogP contribution in [0.3, 0.4) is 0 Å². The summed E-state index contributed by atoms with van der Waals surface area (Å²) in [6.07, 6.45) is 0. The highest BCUT2D eigenvalue weighted by Gasteiger charge is 2.38. The third-order valence-electron chi connectivity index (χ3n) is 1.75. The van der Waals surface area contributed by atoms with Crippen LogP contribution >= 0.6 is 11.8 Å². The highest BCUT2D eigenvalue weighted by atomic mass is 32.2. The maximum absolute atomic E-state index is 11.4. The third-order valence-corrected chi connectivity index (χ3v) is 2.55. The topological polar surface area (TPSA) is 78.9 Å². The van der Waals surface area contributed by atoms with E-state index in [1.165, 1.54) is 26.4 Å². The average Bonchev–Trinajstić information content (AvgIpc) is 2.20. The number of carbonyl (C=O) groups excluding carboxylic acids is 3. The standard InChI is InChI=1S/C10H12O6S/c1-10(2)15-8(12)6(9(13)16-10)4-17-5-7(11)14-3/h4H,5H2,1-3H3. The van der Waals surface area contributed by atoms with Crippen LogP contribution in [-0.4, -0.2) is 36.6 Å². The largest absolute Gasteiger partial charge is 0.468 e. The molecule has 1 heterocycles. The van der Waals surface area contributed by atoms with Crippen molar-refractivity contribution >= 4 is 29.7 Å². The summed E-state index contributed by atoms with van der Waals surface area (Å²) < 4.78 is 14.1. The minimum Gasteiger partial charge on any atom is -0.468 e. The van der Waals surface area contributed by atoms with E-state index in [0.717, 1.165) is 11.8 Å². The highest BCUT2D eigenvalue weighted by molar-refractivity contribution is 8.02. The van der Waals surface area contributed by atoms with E-state index >= 15 is 0 Å².